The van der Waals surface area contributed by atoms with Gasteiger partial charge in [-0.05, 0) is 48.4 Å². The number of ketones is 1. The van der Waals surface area contributed by atoms with Crippen LogP contribution in [0.25, 0.3) is 5.76 Å². The van der Waals surface area contributed by atoms with Crippen LogP contribution in [0.2, 0.25) is 0 Å². The molecule has 174 valence electrons. The lowest BCUT2D eigenvalue weighted by atomic mass is 9.95. The standard InChI is InChI=1S/C26H24BrN3O4/c1-2-16-34-21-10-6-19(7-11-21)24(31)22-23(18-4-8-20(27)9-5-18)30(26(33)25(22)32)14-3-13-29-15-12-28-17-29/h2,4-12,15,17,23,31H,1,3,13-14,16H2/b24-22+. The van der Waals surface area contributed by atoms with E-state index >= 15 is 0 Å². The first kappa shape index (κ1) is 23.5. The van der Waals surface area contributed by atoms with Crippen LogP contribution in [0.4, 0.5) is 0 Å². The smallest absolute Gasteiger partial charge is 0.295 e. The number of halogens is 1. The van der Waals surface area contributed by atoms with Crippen LogP contribution < -0.4 is 4.74 Å². The fourth-order valence-electron chi connectivity index (χ4n) is 3.96. The Hall–Kier alpha value is -3.65. The van der Waals surface area contributed by atoms with Gasteiger partial charge < -0.3 is 19.3 Å². The maximum atomic E-state index is 13.1. The molecule has 1 aliphatic rings. The Bertz CT molecular complexity index is 1200. The summed E-state index contributed by atoms with van der Waals surface area (Å²) < 4.78 is 8.29. The van der Waals surface area contributed by atoms with E-state index in [9.17, 15) is 14.7 Å². The third-order valence-corrected chi connectivity index (χ3v) is 6.12. The van der Waals surface area contributed by atoms with Crippen LogP contribution in [0.3, 0.4) is 0 Å². The van der Waals surface area contributed by atoms with Gasteiger partial charge in [-0.15, -0.1) is 0 Å². The van der Waals surface area contributed by atoms with Crippen LogP contribution in [0, 0.1) is 0 Å². The average molecular weight is 522 g/mol. The van der Waals surface area contributed by atoms with E-state index in [-0.39, 0.29) is 11.3 Å². The second kappa shape index (κ2) is 10.5. The lowest BCUT2D eigenvalue weighted by Crippen LogP contribution is -2.31. The molecule has 4 rings (SSSR count). The molecular formula is C26H24BrN3O4. The maximum Gasteiger partial charge on any atom is 0.295 e. The summed E-state index contributed by atoms with van der Waals surface area (Å²) in [7, 11) is 0. The van der Waals surface area contributed by atoms with Crippen molar-refractivity contribution in [3.8, 4) is 5.75 Å². The number of benzene rings is 2. The summed E-state index contributed by atoms with van der Waals surface area (Å²) in [5.41, 5.74) is 1.26. The molecule has 0 spiro atoms. The fourth-order valence-corrected chi connectivity index (χ4v) is 4.23. The van der Waals surface area contributed by atoms with E-state index in [1.807, 2.05) is 35.0 Å². The van der Waals surface area contributed by atoms with E-state index in [4.69, 9.17) is 4.74 Å². The first-order valence-corrected chi connectivity index (χ1v) is 11.6. The zero-order valence-electron chi connectivity index (χ0n) is 18.4. The summed E-state index contributed by atoms with van der Waals surface area (Å²) in [4.78, 5) is 31.7. The Balaban J connectivity index is 1.68. The quantitative estimate of drug-likeness (QED) is 0.190. The number of amides is 1. The fraction of sp³-hybridized carbons (Fsp3) is 0.192. The number of aromatic nitrogens is 2. The molecule has 2 heterocycles. The number of aryl methyl sites for hydroxylation is 1. The summed E-state index contributed by atoms with van der Waals surface area (Å²) in [6, 6.07) is 13.5. The normalized spacial score (nSPS) is 17.2. The van der Waals surface area contributed by atoms with Crippen LogP contribution >= 0.6 is 15.9 Å². The molecule has 1 N–H and O–H groups in total. The molecule has 1 unspecified atom stereocenters. The number of hydrogen-bond donors (Lipinski definition) is 1. The second-order valence-corrected chi connectivity index (χ2v) is 8.74. The van der Waals surface area contributed by atoms with Crippen molar-refractivity contribution in [2.75, 3.05) is 13.2 Å². The predicted octanol–water partition coefficient (Wildman–Crippen LogP) is 4.72. The van der Waals surface area contributed by atoms with E-state index in [1.54, 1.807) is 42.9 Å². The molecule has 1 aromatic heterocycles. The van der Waals surface area contributed by atoms with Crippen molar-refractivity contribution >= 4 is 33.4 Å². The van der Waals surface area contributed by atoms with Gasteiger partial charge in [-0.3, -0.25) is 9.59 Å². The maximum absolute atomic E-state index is 13.1. The van der Waals surface area contributed by atoms with Gasteiger partial charge in [-0.25, -0.2) is 4.98 Å². The number of imidazole rings is 1. The number of Topliss-reactive ketones (excluding diaryl/α,β-unsaturated/α-hetero) is 1. The number of carbonyl (C=O) groups excluding carboxylic acids is 2. The number of rotatable bonds is 9. The molecule has 1 saturated heterocycles. The van der Waals surface area contributed by atoms with Crippen molar-refractivity contribution in [1.82, 2.24) is 14.5 Å². The first-order chi connectivity index (χ1) is 16.5. The van der Waals surface area contributed by atoms with Crippen molar-refractivity contribution in [2.24, 2.45) is 0 Å². The van der Waals surface area contributed by atoms with Gasteiger partial charge in [0.25, 0.3) is 11.7 Å². The van der Waals surface area contributed by atoms with E-state index < -0.39 is 17.7 Å². The highest BCUT2D eigenvalue weighted by Gasteiger charge is 2.45. The van der Waals surface area contributed by atoms with Gasteiger partial charge in [-0.2, -0.15) is 0 Å². The van der Waals surface area contributed by atoms with E-state index in [2.05, 4.69) is 27.5 Å². The summed E-state index contributed by atoms with van der Waals surface area (Å²) in [6.45, 7) is 4.99. The molecule has 3 aromatic rings. The minimum Gasteiger partial charge on any atom is -0.507 e. The van der Waals surface area contributed by atoms with Gasteiger partial charge in [0.2, 0.25) is 0 Å². The Kier molecular flexibility index (Phi) is 7.27. The van der Waals surface area contributed by atoms with E-state index in [1.165, 1.54) is 4.90 Å². The summed E-state index contributed by atoms with van der Waals surface area (Å²) in [6.07, 6.45) is 7.53. The number of nitrogens with zero attached hydrogens (tertiary/aromatic N) is 3. The first-order valence-electron chi connectivity index (χ1n) is 10.8. The highest BCUT2D eigenvalue weighted by atomic mass is 79.9. The Morgan fingerprint density at radius 2 is 1.85 bits per heavy atom. The molecule has 1 fully saturated rings. The average Bonchev–Trinajstić information content (AvgIpc) is 3.45. The minimum absolute atomic E-state index is 0.0784. The van der Waals surface area contributed by atoms with Crippen LogP contribution in [0.15, 0.2) is 90.0 Å². The Morgan fingerprint density at radius 1 is 1.12 bits per heavy atom. The molecule has 7 nitrogen and oxygen atoms in total. The predicted molar refractivity (Wildman–Crippen MR) is 132 cm³/mol. The molecule has 8 heteroatoms. The number of ether oxygens (including phenoxy) is 1. The highest BCUT2D eigenvalue weighted by Crippen LogP contribution is 2.40. The number of aliphatic hydroxyl groups excluding tert-OH is 1. The topological polar surface area (TPSA) is 84.7 Å². The monoisotopic (exact) mass is 521 g/mol. The van der Waals surface area contributed by atoms with Crippen LogP contribution in [-0.4, -0.2) is 44.4 Å². The van der Waals surface area contributed by atoms with Crippen LogP contribution in [-0.2, 0) is 16.1 Å². The van der Waals surface area contributed by atoms with Crippen LogP contribution in [0.5, 0.6) is 5.75 Å². The highest BCUT2D eigenvalue weighted by molar-refractivity contribution is 9.10. The van der Waals surface area contributed by atoms with Crippen molar-refractivity contribution in [3.63, 3.8) is 0 Å². The zero-order chi connectivity index (χ0) is 24.1. The molecule has 0 bridgehead atoms. The second-order valence-electron chi connectivity index (χ2n) is 7.82. The Labute approximate surface area is 206 Å². The summed E-state index contributed by atoms with van der Waals surface area (Å²) >= 11 is 3.43. The molecule has 2 aromatic carbocycles. The van der Waals surface area contributed by atoms with Gasteiger partial charge in [-0.1, -0.05) is 40.7 Å². The molecular weight excluding hydrogens is 498 g/mol. The third kappa shape index (κ3) is 4.97. The molecule has 0 saturated carbocycles. The van der Waals surface area contributed by atoms with E-state index in [0.717, 1.165) is 10.0 Å². The molecule has 0 aliphatic carbocycles. The minimum atomic E-state index is -0.694. The van der Waals surface area contributed by atoms with Gasteiger partial charge in [0, 0.05) is 35.5 Å². The van der Waals surface area contributed by atoms with Crippen molar-refractivity contribution in [2.45, 2.75) is 19.0 Å². The van der Waals surface area contributed by atoms with Crippen molar-refractivity contribution in [1.29, 1.82) is 0 Å². The molecule has 1 aliphatic heterocycles. The zero-order valence-corrected chi connectivity index (χ0v) is 20.0. The van der Waals surface area contributed by atoms with Gasteiger partial charge in [0.15, 0.2) is 0 Å². The number of likely N-dealkylation sites (tertiary alicyclic amines) is 1. The number of aliphatic hydroxyl groups is 1. The molecule has 1 atom stereocenters. The largest absolute Gasteiger partial charge is 0.507 e. The lowest BCUT2D eigenvalue weighted by Gasteiger charge is -2.25. The third-order valence-electron chi connectivity index (χ3n) is 5.60. The molecule has 34 heavy (non-hydrogen) atoms. The lowest BCUT2D eigenvalue weighted by molar-refractivity contribution is -0.139. The molecule has 0 radical (unpaired) electrons. The summed E-state index contributed by atoms with van der Waals surface area (Å²) in [5, 5.41) is 11.2. The van der Waals surface area contributed by atoms with Gasteiger partial charge in [0.1, 0.15) is 18.1 Å². The Morgan fingerprint density at radius 3 is 2.50 bits per heavy atom. The number of hydrogen-bond acceptors (Lipinski definition) is 5. The van der Waals surface area contributed by atoms with Crippen LogP contribution in [0.1, 0.15) is 23.6 Å². The SMILES string of the molecule is C=CCOc1ccc(/C(O)=C2\C(=O)C(=O)N(CCCn3ccnc3)C2c2ccc(Br)cc2)cc1. The van der Waals surface area contributed by atoms with Crippen molar-refractivity contribution in [3.05, 3.63) is 101 Å². The van der Waals surface area contributed by atoms with E-state index in [0.29, 0.717) is 37.4 Å². The molecule has 1 amide bonds. The van der Waals surface area contributed by atoms with Gasteiger partial charge >= 0.3 is 0 Å². The number of carbonyl (C=O) groups is 2. The summed E-state index contributed by atoms with van der Waals surface area (Å²) in [5.74, 6) is -0.911. The van der Waals surface area contributed by atoms with Crippen molar-refractivity contribution < 1.29 is 19.4 Å². The van der Waals surface area contributed by atoms with Gasteiger partial charge in [0.05, 0.1) is 17.9 Å².